The molecule has 1 aromatic carbocycles. The zero-order valence-corrected chi connectivity index (χ0v) is 10.5. The van der Waals surface area contributed by atoms with Gasteiger partial charge in [-0.05, 0) is 25.0 Å². The molecule has 2 aromatic rings. The number of nitrogens with zero attached hydrogens (tertiary/aromatic N) is 2. The molecule has 0 radical (unpaired) electrons. The monoisotopic (exact) mass is 261 g/mol. The molecule has 100 valence electrons. The normalized spacial score (nSPS) is 16.8. The molecule has 0 bridgehead atoms. The number of aliphatic hydroxyl groups is 1. The molecule has 0 unspecified atom stereocenters. The number of halogens is 1. The van der Waals surface area contributed by atoms with Crippen LogP contribution in [0.3, 0.4) is 0 Å². The molecule has 1 saturated heterocycles. The summed E-state index contributed by atoms with van der Waals surface area (Å²) in [6.45, 7) is 1.81. The molecule has 0 aliphatic carbocycles. The van der Waals surface area contributed by atoms with Gasteiger partial charge in [-0.2, -0.15) is 0 Å². The summed E-state index contributed by atoms with van der Waals surface area (Å²) in [5.41, 5.74) is 1.46. The maximum absolute atomic E-state index is 13.5. The number of aromatic amines is 1. The average Bonchev–Trinajstić information content (AvgIpc) is 3.11. The van der Waals surface area contributed by atoms with E-state index in [0.717, 1.165) is 31.6 Å². The summed E-state index contributed by atoms with van der Waals surface area (Å²) in [6.07, 6.45) is 4.61. The molecule has 5 heteroatoms. The van der Waals surface area contributed by atoms with E-state index >= 15 is 0 Å². The topological polar surface area (TPSA) is 52.2 Å². The molecule has 2 heterocycles. The van der Waals surface area contributed by atoms with Crippen LogP contribution >= 0.6 is 0 Å². The van der Waals surface area contributed by atoms with Gasteiger partial charge in [0.25, 0.3) is 0 Å². The highest BCUT2D eigenvalue weighted by atomic mass is 19.1. The number of nitrogens with one attached hydrogen (secondary N) is 1. The Morgan fingerprint density at radius 1 is 1.32 bits per heavy atom. The first-order valence-corrected chi connectivity index (χ1v) is 6.47. The van der Waals surface area contributed by atoms with E-state index in [1.807, 2.05) is 0 Å². The van der Waals surface area contributed by atoms with Crippen molar-refractivity contribution in [3.8, 4) is 0 Å². The number of imidazole rings is 1. The van der Waals surface area contributed by atoms with Crippen LogP contribution in [0.15, 0.2) is 30.6 Å². The van der Waals surface area contributed by atoms with Crippen LogP contribution in [0.5, 0.6) is 0 Å². The maximum Gasteiger partial charge on any atom is 0.139 e. The van der Waals surface area contributed by atoms with Crippen LogP contribution in [0.25, 0.3) is 0 Å². The summed E-state index contributed by atoms with van der Waals surface area (Å²) in [6, 6.07) is 4.50. The number of rotatable bonds is 3. The predicted molar refractivity (Wildman–Crippen MR) is 70.5 cm³/mol. The second kappa shape index (κ2) is 5.01. The van der Waals surface area contributed by atoms with Gasteiger partial charge >= 0.3 is 0 Å². The molecule has 1 aromatic heterocycles. The van der Waals surface area contributed by atoms with Crippen molar-refractivity contribution in [1.82, 2.24) is 9.97 Å². The number of hydrogen-bond acceptors (Lipinski definition) is 3. The molecule has 1 aliphatic heterocycles. The smallest absolute Gasteiger partial charge is 0.139 e. The van der Waals surface area contributed by atoms with Crippen LogP contribution in [-0.2, 0) is 0 Å². The Bertz CT molecular complexity index is 550. The van der Waals surface area contributed by atoms with Crippen LogP contribution in [0.2, 0.25) is 0 Å². The van der Waals surface area contributed by atoms with E-state index in [2.05, 4.69) is 14.9 Å². The van der Waals surface area contributed by atoms with Gasteiger partial charge < -0.3 is 15.0 Å². The van der Waals surface area contributed by atoms with Crippen molar-refractivity contribution >= 4 is 5.69 Å². The summed E-state index contributed by atoms with van der Waals surface area (Å²) in [7, 11) is 0. The van der Waals surface area contributed by atoms with Gasteiger partial charge in [0.05, 0.1) is 0 Å². The molecular weight excluding hydrogens is 245 g/mol. The highest BCUT2D eigenvalue weighted by molar-refractivity contribution is 5.56. The Balaban J connectivity index is 2.00. The third-order valence-corrected chi connectivity index (χ3v) is 3.51. The quantitative estimate of drug-likeness (QED) is 0.890. The first kappa shape index (κ1) is 12.2. The minimum absolute atomic E-state index is 0.280. The molecule has 4 nitrogen and oxygen atoms in total. The molecule has 2 N–H and O–H groups in total. The predicted octanol–water partition coefficient (Wildman–Crippen LogP) is 2.23. The van der Waals surface area contributed by atoms with Crippen molar-refractivity contribution < 1.29 is 9.50 Å². The molecule has 19 heavy (non-hydrogen) atoms. The van der Waals surface area contributed by atoms with Crippen molar-refractivity contribution in [2.75, 3.05) is 18.0 Å². The van der Waals surface area contributed by atoms with E-state index < -0.39 is 6.10 Å². The van der Waals surface area contributed by atoms with Crippen LogP contribution in [-0.4, -0.2) is 28.2 Å². The van der Waals surface area contributed by atoms with Crippen molar-refractivity contribution in [1.29, 1.82) is 0 Å². The fourth-order valence-corrected chi connectivity index (χ4v) is 2.55. The number of anilines is 1. The van der Waals surface area contributed by atoms with E-state index in [0.29, 0.717) is 11.4 Å². The van der Waals surface area contributed by atoms with Gasteiger partial charge in [-0.25, -0.2) is 9.37 Å². The number of benzene rings is 1. The van der Waals surface area contributed by atoms with Crippen LogP contribution in [0.4, 0.5) is 10.1 Å². The fourth-order valence-electron chi connectivity index (χ4n) is 2.55. The Morgan fingerprint density at radius 3 is 2.79 bits per heavy atom. The lowest BCUT2D eigenvalue weighted by Gasteiger charge is -2.23. The molecule has 1 fully saturated rings. The fraction of sp³-hybridized carbons (Fsp3) is 0.357. The molecule has 1 aliphatic rings. The zero-order chi connectivity index (χ0) is 13.2. The third-order valence-electron chi connectivity index (χ3n) is 3.51. The maximum atomic E-state index is 13.5. The van der Waals surface area contributed by atoms with Crippen molar-refractivity contribution in [2.45, 2.75) is 18.9 Å². The van der Waals surface area contributed by atoms with E-state index in [-0.39, 0.29) is 5.82 Å². The zero-order valence-electron chi connectivity index (χ0n) is 10.5. The summed E-state index contributed by atoms with van der Waals surface area (Å²) in [4.78, 5) is 9.07. The standard InChI is InChI=1S/C14H16FN3O/c15-10-3-4-11(13(19)14-16-5-6-17-14)12(9-10)18-7-1-2-8-18/h3-6,9,13,19H,1-2,7-8H2,(H,16,17)/t13-/m0/s1. The minimum Gasteiger partial charge on any atom is -0.380 e. The average molecular weight is 261 g/mol. The number of aliphatic hydroxyl groups excluding tert-OH is 1. The second-order valence-electron chi connectivity index (χ2n) is 4.77. The minimum atomic E-state index is -0.855. The first-order valence-electron chi connectivity index (χ1n) is 6.47. The van der Waals surface area contributed by atoms with Gasteiger partial charge in [0.2, 0.25) is 0 Å². The number of H-pyrrole nitrogens is 1. The number of aromatic nitrogens is 2. The van der Waals surface area contributed by atoms with E-state index in [4.69, 9.17) is 0 Å². The van der Waals surface area contributed by atoms with E-state index in [1.54, 1.807) is 18.5 Å². The summed E-state index contributed by atoms with van der Waals surface area (Å²) < 4.78 is 13.5. The van der Waals surface area contributed by atoms with Crippen molar-refractivity contribution in [3.05, 3.63) is 47.8 Å². The molecule has 0 saturated carbocycles. The summed E-state index contributed by atoms with van der Waals surface area (Å²) >= 11 is 0. The Kier molecular flexibility index (Phi) is 3.21. The Morgan fingerprint density at radius 2 is 2.11 bits per heavy atom. The number of hydrogen-bond donors (Lipinski definition) is 2. The van der Waals surface area contributed by atoms with Gasteiger partial charge in [-0.15, -0.1) is 0 Å². The van der Waals surface area contributed by atoms with Crippen LogP contribution < -0.4 is 4.90 Å². The highest BCUT2D eigenvalue weighted by Crippen LogP contribution is 2.32. The van der Waals surface area contributed by atoms with Gasteiger partial charge in [-0.1, -0.05) is 6.07 Å². The lowest BCUT2D eigenvalue weighted by atomic mass is 10.1. The molecule has 1 atom stereocenters. The first-order chi connectivity index (χ1) is 9.25. The van der Waals surface area contributed by atoms with Crippen LogP contribution in [0.1, 0.15) is 30.3 Å². The van der Waals surface area contributed by atoms with E-state index in [1.165, 1.54) is 12.1 Å². The van der Waals surface area contributed by atoms with Crippen molar-refractivity contribution in [2.24, 2.45) is 0 Å². The largest absolute Gasteiger partial charge is 0.380 e. The lowest BCUT2D eigenvalue weighted by molar-refractivity contribution is 0.211. The van der Waals surface area contributed by atoms with Gasteiger partial charge in [0, 0.05) is 36.7 Å². The third kappa shape index (κ3) is 2.33. The highest BCUT2D eigenvalue weighted by Gasteiger charge is 2.22. The second-order valence-corrected chi connectivity index (χ2v) is 4.77. The molecule has 0 amide bonds. The lowest BCUT2D eigenvalue weighted by Crippen LogP contribution is -2.21. The Labute approximate surface area is 110 Å². The van der Waals surface area contributed by atoms with Gasteiger partial charge in [0.15, 0.2) is 0 Å². The SMILES string of the molecule is O[C@H](c1ncc[nH]1)c1ccc(F)cc1N1CCCC1. The Hall–Kier alpha value is -1.88. The van der Waals surface area contributed by atoms with Crippen molar-refractivity contribution in [3.63, 3.8) is 0 Å². The van der Waals surface area contributed by atoms with Gasteiger partial charge in [0.1, 0.15) is 17.7 Å². The molecular formula is C14H16FN3O. The summed E-state index contributed by atoms with van der Waals surface area (Å²) in [5.74, 6) is 0.198. The molecule has 3 rings (SSSR count). The van der Waals surface area contributed by atoms with Crippen LogP contribution in [0, 0.1) is 5.82 Å². The summed E-state index contributed by atoms with van der Waals surface area (Å²) in [5, 5.41) is 10.4. The molecule has 0 spiro atoms. The van der Waals surface area contributed by atoms with Gasteiger partial charge in [-0.3, -0.25) is 0 Å². The van der Waals surface area contributed by atoms with E-state index in [9.17, 15) is 9.50 Å².